The highest BCUT2D eigenvalue weighted by Gasteiger charge is 2.13. The molecule has 0 aliphatic rings. The summed E-state index contributed by atoms with van der Waals surface area (Å²) < 4.78 is 42.0. The molecule has 0 saturated carbocycles. The van der Waals surface area contributed by atoms with Crippen LogP contribution in [0, 0.1) is 11.6 Å². The molecule has 44 heavy (non-hydrogen) atoms. The number of carbonyl (C=O) groups is 2. The van der Waals surface area contributed by atoms with Crippen LogP contribution in [0.4, 0.5) is 14.5 Å². The van der Waals surface area contributed by atoms with E-state index < -0.39 is 0 Å². The third-order valence-electron chi connectivity index (χ3n) is 6.00. The van der Waals surface area contributed by atoms with Gasteiger partial charge in [-0.05, 0) is 85.3 Å². The number of nitrogens with zero attached hydrogens (tertiary/aromatic N) is 1. The molecule has 1 unspecified atom stereocenters. The summed E-state index contributed by atoms with van der Waals surface area (Å²) in [6.45, 7) is 2.59. The van der Waals surface area contributed by atoms with Gasteiger partial charge in [0, 0.05) is 17.3 Å². The van der Waals surface area contributed by atoms with Crippen LogP contribution in [0.3, 0.4) is 0 Å². The maximum absolute atomic E-state index is 12.9. The summed E-state index contributed by atoms with van der Waals surface area (Å²) in [6, 6.07) is 28.1. The summed E-state index contributed by atoms with van der Waals surface area (Å²) in [5.74, 6) is 0.941. The Morgan fingerprint density at radius 2 is 1.50 bits per heavy atom. The van der Waals surface area contributed by atoms with E-state index in [0.717, 1.165) is 11.1 Å². The van der Waals surface area contributed by atoms with Crippen LogP contribution in [0.15, 0.2) is 114 Å². The summed E-state index contributed by atoms with van der Waals surface area (Å²) in [7, 11) is 0. The molecular weight excluding hydrogens is 568 g/mol. The van der Waals surface area contributed by atoms with Crippen LogP contribution < -0.4 is 15.4 Å². The van der Waals surface area contributed by atoms with Crippen molar-refractivity contribution >= 4 is 18.0 Å². The number of ether oxygens (including phenoxy) is 2. The fourth-order valence-corrected chi connectivity index (χ4v) is 3.89. The van der Waals surface area contributed by atoms with Crippen LogP contribution in [0.25, 0.3) is 11.5 Å². The maximum Gasteiger partial charge on any atom is 0.226 e. The monoisotopic (exact) mass is 599 g/mol. The average molecular weight is 600 g/mol. The van der Waals surface area contributed by atoms with Gasteiger partial charge in [-0.1, -0.05) is 30.3 Å². The zero-order valence-electron chi connectivity index (χ0n) is 23.9. The van der Waals surface area contributed by atoms with Crippen molar-refractivity contribution in [1.29, 1.82) is 0 Å². The molecule has 4 aromatic carbocycles. The molecule has 1 aromatic heterocycles. The molecule has 10 heteroatoms. The summed E-state index contributed by atoms with van der Waals surface area (Å²) >= 11 is 0. The Bertz CT molecular complexity index is 1590. The molecule has 2 N–H and O–H groups in total. The first-order valence-electron chi connectivity index (χ1n) is 13.7. The van der Waals surface area contributed by atoms with Crippen molar-refractivity contribution in [2.45, 2.75) is 26.0 Å². The van der Waals surface area contributed by atoms with E-state index in [2.05, 4.69) is 15.6 Å². The van der Waals surface area contributed by atoms with E-state index in [1.807, 2.05) is 37.3 Å². The van der Waals surface area contributed by atoms with Gasteiger partial charge in [-0.15, -0.1) is 0 Å². The van der Waals surface area contributed by atoms with Crippen molar-refractivity contribution in [2.24, 2.45) is 0 Å². The number of carbonyl (C=O) groups excluding carboxylic acids is 2. The second-order valence-corrected chi connectivity index (χ2v) is 9.64. The number of aromatic nitrogens is 1. The smallest absolute Gasteiger partial charge is 0.226 e. The minimum Gasteiger partial charge on any atom is -0.457 e. The van der Waals surface area contributed by atoms with Crippen molar-refractivity contribution in [2.75, 3.05) is 11.9 Å². The molecule has 8 nitrogen and oxygen atoms in total. The van der Waals surface area contributed by atoms with Gasteiger partial charge in [0.1, 0.15) is 29.4 Å². The number of amides is 2. The first-order chi connectivity index (χ1) is 21.4. The van der Waals surface area contributed by atoms with Crippen LogP contribution in [0.5, 0.6) is 11.5 Å². The van der Waals surface area contributed by atoms with Gasteiger partial charge in [-0.25, -0.2) is 13.8 Å². The molecule has 5 aromatic rings. The molecule has 226 valence electrons. The highest BCUT2D eigenvalue weighted by atomic mass is 19.1. The Balaban J connectivity index is 0.000000223. The van der Waals surface area contributed by atoms with Crippen molar-refractivity contribution in [3.05, 3.63) is 132 Å². The molecule has 1 heterocycles. The number of rotatable bonds is 12. The van der Waals surface area contributed by atoms with E-state index in [1.165, 1.54) is 30.5 Å². The van der Waals surface area contributed by atoms with E-state index in [0.29, 0.717) is 48.4 Å². The van der Waals surface area contributed by atoms with Crippen molar-refractivity contribution < 1.29 is 32.3 Å². The molecule has 1 atom stereocenters. The van der Waals surface area contributed by atoms with Gasteiger partial charge in [0.2, 0.25) is 18.2 Å². The lowest BCUT2D eigenvalue weighted by atomic mass is 10.2. The third-order valence-corrected chi connectivity index (χ3v) is 6.00. The van der Waals surface area contributed by atoms with Crippen LogP contribution in [-0.4, -0.2) is 29.9 Å². The summed E-state index contributed by atoms with van der Waals surface area (Å²) in [6.07, 6.45) is 2.24. The summed E-state index contributed by atoms with van der Waals surface area (Å²) in [5.41, 5.74) is 3.01. The van der Waals surface area contributed by atoms with Gasteiger partial charge in [-0.3, -0.25) is 9.59 Å². The zero-order valence-corrected chi connectivity index (χ0v) is 23.9. The minimum absolute atomic E-state index is 0.138. The SMILES string of the molecule is CC(COCc1ccc(F)cc1)NC(=O)Cc1coc(-c2ccccc2)n1.O=CNc1ccc(Oc2ccc(F)cc2)cc1. The van der Waals surface area contributed by atoms with Crippen LogP contribution >= 0.6 is 0 Å². The lowest BCUT2D eigenvalue weighted by Gasteiger charge is -2.14. The molecule has 0 bridgehead atoms. The fraction of sp³-hybridized carbons (Fsp3) is 0.147. The van der Waals surface area contributed by atoms with Crippen LogP contribution in [0.2, 0.25) is 0 Å². The summed E-state index contributed by atoms with van der Waals surface area (Å²) in [4.78, 5) is 26.7. The number of oxazole rings is 1. The molecule has 0 spiro atoms. The maximum atomic E-state index is 12.9. The third kappa shape index (κ3) is 10.5. The van der Waals surface area contributed by atoms with Crippen molar-refractivity contribution in [3.8, 4) is 23.0 Å². The molecular formula is C34H31F2N3O5. The number of hydrogen-bond donors (Lipinski definition) is 2. The predicted octanol–water partition coefficient (Wildman–Crippen LogP) is 6.93. The van der Waals surface area contributed by atoms with E-state index in [4.69, 9.17) is 13.9 Å². The van der Waals surface area contributed by atoms with Gasteiger partial charge in [0.15, 0.2) is 0 Å². The highest BCUT2D eigenvalue weighted by Crippen LogP contribution is 2.23. The molecule has 5 rings (SSSR count). The van der Waals surface area contributed by atoms with E-state index >= 15 is 0 Å². The second-order valence-electron chi connectivity index (χ2n) is 9.64. The molecule has 2 amide bonds. The average Bonchev–Trinajstić information content (AvgIpc) is 3.49. The number of nitrogens with one attached hydrogen (secondary N) is 2. The van der Waals surface area contributed by atoms with E-state index in [9.17, 15) is 18.4 Å². The Hall–Kier alpha value is -5.35. The Kier molecular flexibility index (Phi) is 11.7. The first kappa shape index (κ1) is 31.6. The highest BCUT2D eigenvalue weighted by molar-refractivity contribution is 5.78. The minimum atomic E-state index is -0.303. The number of anilines is 1. The van der Waals surface area contributed by atoms with Gasteiger partial charge >= 0.3 is 0 Å². The molecule has 0 fully saturated rings. The van der Waals surface area contributed by atoms with Gasteiger partial charge < -0.3 is 24.5 Å². The number of hydrogen-bond acceptors (Lipinski definition) is 6. The normalized spacial score (nSPS) is 11.1. The zero-order chi connectivity index (χ0) is 31.1. The summed E-state index contributed by atoms with van der Waals surface area (Å²) in [5, 5.41) is 5.39. The predicted molar refractivity (Wildman–Crippen MR) is 162 cm³/mol. The number of halogens is 2. The van der Waals surface area contributed by atoms with Crippen LogP contribution in [-0.2, 0) is 27.4 Å². The first-order valence-corrected chi connectivity index (χ1v) is 13.7. The van der Waals surface area contributed by atoms with Gasteiger partial charge in [-0.2, -0.15) is 0 Å². The fourth-order valence-electron chi connectivity index (χ4n) is 3.89. The standard InChI is InChI=1S/C21H21FN2O3.C13H10FNO2/c1-15(12-26-13-16-7-9-18(22)10-8-16)23-20(25)11-19-14-27-21(24-19)17-5-3-2-4-6-17;14-10-1-5-12(6-2-10)17-13-7-3-11(4-8-13)15-9-16/h2-10,14-15H,11-13H2,1H3,(H,23,25);1-9H,(H,15,16). The quantitative estimate of drug-likeness (QED) is 0.151. The van der Waals surface area contributed by atoms with E-state index in [-0.39, 0.29) is 30.0 Å². The number of benzene rings is 4. The topological polar surface area (TPSA) is 103 Å². The Labute approximate surface area is 253 Å². The molecule has 0 radical (unpaired) electrons. The molecule has 0 saturated heterocycles. The van der Waals surface area contributed by atoms with Crippen LogP contribution in [0.1, 0.15) is 18.2 Å². The van der Waals surface area contributed by atoms with Gasteiger partial charge in [0.05, 0.1) is 25.3 Å². The van der Waals surface area contributed by atoms with Gasteiger partial charge in [0.25, 0.3) is 0 Å². The molecule has 0 aliphatic heterocycles. The van der Waals surface area contributed by atoms with Crippen molar-refractivity contribution in [3.63, 3.8) is 0 Å². The lowest BCUT2D eigenvalue weighted by molar-refractivity contribution is -0.121. The van der Waals surface area contributed by atoms with E-state index in [1.54, 1.807) is 48.5 Å². The molecule has 0 aliphatic carbocycles. The largest absolute Gasteiger partial charge is 0.457 e. The van der Waals surface area contributed by atoms with Crippen molar-refractivity contribution in [1.82, 2.24) is 10.3 Å². The second kappa shape index (κ2) is 16.3. The lowest BCUT2D eigenvalue weighted by Crippen LogP contribution is -2.36. The Morgan fingerprint density at radius 3 is 2.14 bits per heavy atom. The Morgan fingerprint density at radius 1 is 0.886 bits per heavy atom.